The van der Waals surface area contributed by atoms with Crippen LogP contribution < -0.4 is 10.8 Å². The summed E-state index contributed by atoms with van der Waals surface area (Å²) >= 11 is 5.08. The molecule has 3 N–H and O–H groups in total. The molecule has 0 radical (unpaired) electrons. The van der Waals surface area contributed by atoms with Gasteiger partial charge in [0.1, 0.15) is 6.61 Å². The zero-order valence-electron chi connectivity index (χ0n) is 17.3. The number of halogens is 4. The zero-order chi connectivity index (χ0) is 23.3. The fourth-order valence-electron chi connectivity index (χ4n) is 3.19. The highest BCUT2D eigenvalue weighted by atomic mass is 127. The standard InChI is InChI=1S/C21H23BrF2IN3O4/c1-12-8-13(25)2-3-17(12)26-20-15(9-16(22)18(23)19(20)24)21(30)27-32-11-14(29)10-28-4-6-31-7-5-28/h2-3,8-9,14,26,29H,4-7,10-11H2,1H3,(H,27,30). The molecule has 2 aromatic rings. The molecule has 3 rings (SSSR count). The number of nitrogens with one attached hydrogen (secondary N) is 2. The first-order chi connectivity index (χ1) is 15.3. The second-order valence-corrected chi connectivity index (χ2v) is 9.40. The molecule has 0 aliphatic carbocycles. The summed E-state index contributed by atoms with van der Waals surface area (Å²) in [4.78, 5) is 19.9. The van der Waals surface area contributed by atoms with Crippen LogP contribution in [0.3, 0.4) is 0 Å². The maximum absolute atomic E-state index is 14.7. The van der Waals surface area contributed by atoms with Gasteiger partial charge in [0.2, 0.25) is 0 Å². The molecule has 1 aliphatic rings. The Morgan fingerprint density at radius 1 is 1.31 bits per heavy atom. The predicted octanol–water partition coefficient (Wildman–Crippen LogP) is 3.74. The molecular formula is C21H23BrF2IN3O4. The van der Waals surface area contributed by atoms with Gasteiger partial charge in [0.05, 0.1) is 35.0 Å². The molecule has 1 aliphatic heterocycles. The Balaban J connectivity index is 1.69. The summed E-state index contributed by atoms with van der Waals surface area (Å²) in [5.74, 6) is -3.10. The summed E-state index contributed by atoms with van der Waals surface area (Å²) in [5.41, 5.74) is 3.06. The highest BCUT2D eigenvalue weighted by Crippen LogP contribution is 2.32. The van der Waals surface area contributed by atoms with Crippen molar-refractivity contribution in [2.45, 2.75) is 13.0 Å². The quantitative estimate of drug-likeness (QED) is 0.236. The Kier molecular flexibility index (Phi) is 9.20. The number of aliphatic hydroxyl groups is 1. The molecule has 1 heterocycles. The molecule has 1 amide bonds. The van der Waals surface area contributed by atoms with Crippen LogP contribution in [0.1, 0.15) is 15.9 Å². The first-order valence-corrected chi connectivity index (χ1v) is 11.7. The van der Waals surface area contributed by atoms with Crippen molar-refractivity contribution in [3.05, 3.63) is 55.1 Å². The van der Waals surface area contributed by atoms with Crippen molar-refractivity contribution in [3.8, 4) is 0 Å². The van der Waals surface area contributed by atoms with Crippen molar-refractivity contribution in [3.63, 3.8) is 0 Å². The average Bonchev–Trinajstić information content (AvgIpc) is 2.76. The van der Waals surface area contributed by atoms with Gasteiger partial charge < -0.3 is 15.2 Å². The first kappa shape index (κ1) is 25.2. The number of anilines is 2. The van der Waals surface area contributed by atoms with E-state index >= 15 is 0 Å². The number of hydrogen-bond donors (Lipinski definition) is 3. The van der Waals surface area contributed by atoms with Crippen LogP contribution in [0.25, 0.3) is 0 Å². The maximum atomic E-state index is 14.7. The molecule has 0 saturated carbocycles. The molecule has 11 heteroatoms. The molecule has 174 valence electrons. The molecular weight excluding hydrogens is 603 g/mol. The van der Waals surface area contributed by atoms with Crippen LogP contribution in [-0.4, -0.2) is 61.5 Å². The summed E-state index contributed by atoms with van der Waals surface area (Å²) in [5, 5.41) is 12.9. The van der Waals surface area contributed by atoms with E-state index in [9.17, 15) is 18.7 Å². The lowest BCUT2D eigenvalue weighted by molar-refractivity contribution is -0.0362. The molecule has 32 heavy (non-hydrogen) atoms. The SMILES string of the molecule is Cc1cc(I)ccc1Nc1c(C(=O)NOCC(O)CN2CCOCC2)cc(Br)c(F)c1F. The van der Waals surface area contributed by atoms with Crippen molar-refractivity contribution in [1.29, 1.82) is 0 Å². The molecule has 7 nitrogen and oxygen atoms in total. The molecule has 0 aromatic heterocycles. The van der Waals surface area contributed by atoms with E-state index in [0.29, 0.717) is 38.5 Å². The minimum atomic E-state index is -1.20. The van der Waals surface area contributed by atoms with Crippen LogP contribution in [-0.2, 0) is 9.57 Å². The normalized spacial score (nSPS) is 15.4. The highest BCUT2D eigenvalue weighted by molar-refractivity contribution is 14.1. The maximum Gasteiger partial charge on any atom is 0.277 e. The largest absolute Gasteiger partial charge is 0.389 e. The van der Waals surface area contributed by atoms with Crippen LogP contribution >= 0.6 is 38.5 Å². The number of carbonyl (C=O) groups is 1. The van der Waals surface area contributed by atoms with Gasteiger partial charge in [0, 0.05) is 28.9 Å². The molecule has 1 fully saturated rings. The van der Waals surface area contributed by atoms with Crippen molar-refractivity contribution < 1.29 is 28.3 Å². The number of β-amino-alcohol motifs (C(OH)–C–C–N with tert-alkyl or cyclic N) is 1. The van der Waals surface area contributed by atoms with Gasteiger partial charge in [-0.1, -0.05) is 0 Å². The van der Waals surface area contributed by atoms with E-state index in [0.717, 1.165) is 9.13 Å². The number of hydrogen-bond acceptors (Lipinski definition) is 6. The van der Waals surface area contributed by atoms with Crippen molar-refractivity contribution in [1.82, 2.24) is 10.4 Å². The fraction of sp³-hybridized carbons (Fsp3) is 0.381. The van der Waals surface area contributed by atoms with E-state index < -0.39 is 23.6 Å². The van der Waals surface area contributed by atoms with Gasteiger partial charge in [-0.15, -0.1) is 0 Å². The average molecular weight is 626 g/mol. The van der Waals surface area contributed by atoms with E-state index in [2.05, 4.69) is 49.3 Å². The number of amides is 1. The van der Waals surface area contributed by atoms with Gasteiger partial charge in [-0.05, 0) is 75.3 Å². The van der Waals surface area contributed by atoms with Gasteiger partial charge in [-0.3, -0.25) is 14.5 Å². The van der Waals surface area contributed by atoms with Gasteiger partial charge in [-0.25, -0.2) is 14.3 Å². The number of hydroxylamine groups is 1. The number of morpholine rings is 1. The summed E-state index contributed by atoms with van der Waals surface area (Å²) in [6.07, 6.45) is -0.836. The molecule has 1 unspecified atom stereocenters. The Hall–Kier alpha value is -1.38. The molecule has 1 saturated heterocycles. The monoisotopic (exact) mass is 625 g/mol. The topological polar surface area (TPSA) is 83.1 Å². The third-order valence-corrected chi connectivity index (χ3v) is 6.12. The minimum Gasteiger partial charge on any atom is -0.389 e. The van der Waals surface area contributed by atoms with Gasteiger partial charge in [0.15, 0.2) is 11.6 Å². The smallest absolute Gasteiger partial charge is 0.277 e. The van der Waals surface area contributed by atoms with E-state index in [1.165, 1.54) is 6.07 Å². The number of benzene rings is 2. The summed E-state index contributed by atoms with van der Waals surface area (Å²) in [7, 11) is 0. The molecule has 2 aromatic carbocycles. The predicted molar refractivity (Wildman–Crippen MR) is 128 cm³/mol. The van der Waals surface area contributed by atoms with Crippen LogP contribution in [0.5, 0.6) is 0 Å². The Labute approximate surface area is 206 Å². The van der Waals surface area contributed by atoms with Gasteiger partial charge in [0.25, 0.3) is 5.91 Å². The van der Waals surface area contributed by atoms with Crippen LogP contribution in [0.15, 0.2) is 28.7 Å². The number of aliphatic hydroxyl groups excluding tert-OH is 1. The van der Waals surface area contributed by atoms with E-state index in [1.54, 1.807) is 6.07 Å². The second kappa shape index (κ2) is 11.7. The lowest BCUT2D eigenvalue weighted by atomic mass is 10.1. The van der Waals surface area contributed by atoms with Crippen LogP contribution in [0, 0.1) is 22.1 Å². The number of rotatable bonds is 8. The van der Waals surface area contributed by atoms with Crippen LogP contribution in [0.4, 0.5) is 20.2 Å². The third-order valence-electron chi connectivity index (χ3n) is 4.87. The van der Waals surface area contributed by atoms with Gasteiger partial charge >= 0.3 is 0 Å². The molecule has 1 atom stereocenters. The lowest BCUT2D eigenvalue weighted by Gasteiger charge is -2.28. The van der Waals surface area contributed by atoms with Gasteiger partial charge in [-0.2, -0.15) is 0 Å². The number of nitrogens with zero attached hydrogens (tertiary/aromatic N) is 1. The summed E-state index contributed by atoms with van der Waals surface area (Å²) in [6.45, 7) is 4.65. The molecule has 0 spiro atoms. The second-order valence-electron chi connectivity index (χ2n) is 7.30. The Morgan fingerprint density at radius 2 is 2.03 bits per heavy atom. The van der Waals surface area contributed by atoms with Crippen LogP contribution in [0.2, 0.25) is 0 Å². The third kappa shape index (κ3) is 6.58. The summed E-state index contributed by atoms with van der Waals surface area (Å²) < 4.78 is 35.0. The minimum absolute atomic E-state index is 0.156. The first-order valence-electron chi connectivity index (χ1n) is 9.87. The number of carbonyl (C=O) groups excluding carboxylic acids is 1. The van der Waals surface area contributed by atoms with E-state index in [4.69, 9.17) is 9.57 Å². The number of aryl methyl sites for hydroxylation is 1. The van der Waals surface area contributed by atoms with Crippen molar-refractivity contribution >= 4 is 55.8 Å². The van der Waals surface area contributed by atoms with Crippen molar-refractivity contribution in [2.24, 2.45) is 0 Å². The van der Waals surface area contributed by atoms with E-state index in [-0.39, 0.29) is 22.3 Å². The fourth-order valence-corrected chi connectivity index (χ4v) is 4.24. The number of ether oxygens (including phenoxy) is 1. The Bertz CT molecular complexity index is 977. The van der Waals surface area contributed by atoms with E-state index in [1.807, 2.05) is 24.0 Å². The highest BCUT2D eigenvalue weighted by Gasteiger charge is 2.23. The zero-order valence-corrected chi connectivity index (χ0v) is 21.0. The lowest BCUT2D eigenvalue weighted by Crippen LogP contribution is -2.42. The Morgan fingerprint density at radius 3 is 2.72 bits per heavy atom. The van der Waals surface area contributed by atoms with Crippen molar-refractivity contribution in [2.75, 3.05) is 44.8 Å². The molecule has 0 bridgehead atoms. The summed E-state index contributed by atoms with van der Waals surface area (Å²) in [6, 6.07) is 6.57.